The van der Waals surface area contributed by atoms with Crippen LogP contribution in [0.3, 0.4) is 0 Å². The van der Waals surface area contributed by atoms with Gasteiger partial charge in [-0.2, -0.15) is 0 Å². The Morgan fingerprint density at radius 2 is 1.60 bits per heavy atom. The van der Waals surface area contributed by atoms with E-state index in [1.54, 1.807) is 24.3 Å². The molecule has 1 amide bonds. The first-order chi connectivity index (χ1) is 14.1. The fourth-order valence-corrected chi connectivity index (χ4v) is 2.51. The lowest BCUT2D eigenvalue weighted by molar-refractivity contribution is -0.395. The summed E-state index contributed by atoms with van der Waals surface area (Å²) < 4.78 is 10.3. The maximum absolute atomic E-state index is 12.3. The Balaban J connectivity index is 2.13. The van der Waals surface area contributed by atoms with Crippen molar-refractivity contribution in [3.8, 4) is 5.75 Å². The normalized spacial score (nSPS) is 11.3. The van der Waals surface area contributed by atoms with Crippen LogP contribution in [0.25, 0.3) is 0 Å². The van der Waals surface area contributed by atoms with Gasteiger partial charge in [-0.25, -0.2) is 4.79 Å². The molecule has 0 spiro atoms. The van der Waals surface area contributed by atoms with Crippen molar-refractivity contribution in [1.82, 2.24) is 0 Å². The number of nitro benzene ring substituents is 2. The van der Waals surface area contributed by atoms with Crippen LogP contribution in [0.15, 0.2) is 36.4 Å². The van der Waals surface area contributed by atoms with E-state index >= 15 is 0 Å². The van der Waals surface area contributed by atoms with Crippen molar-refractivity contribution in [3.05, 3.63) is 67.8 Å². The van der Waals surface area contributed by atoms with Crippen LogP contribution < -0.4 is 10.1 Å². The Kier molecular flexibility index (Phi) is 7.02. The molecule has 11 nitrogen and oxygen atoms in total. The molecule has 0 aliphatic rings. The van der Waals surface area contributed by atoms with E-state index in [0.717, 1.165) is 12.1 Å². The number of carbonyl (C=O) groups is 2. The van der Waals surface area contributed by atoms with E-state index in [9.17, 15) is 29.8 Å². The summed E-state index contributed by atoms with van der Waals surface area (Å²) in [5, 5.41) is 24.8. The molecule has 1 unspecified atom stereocenters. The van der Waals surface area contributed by atoms with Crippen molar-refractivity contribution in [2.45, 2.75) is 26.9 Å². The van der Waals surface area contributed by atoms with Crippen molar-refractivity contribution >= 4 is 28.9 Å². The summed E-state index contributed by atoms with van der Waals surface area (Å²) in [6.07, 6.45) is -1.26. The number of nitrogens with zero attached hydrogens (tertiary/aromatic N) is 2. The number of rotatable bonds is 8. The number of ether oxygens (including phenoxy) is 2. The van der Waals surface area contributed by atoms with E-state index in [4.69, 9.17) is 9.47 Å². The molecule has 0 fully saturated rings. The van der Waals surface area contributed by atoms with E-state index in [1.807, 2.05) is 6.92 Å². The quantitative estimate of drug-likeness (QED) is 0.390. The minimum Gasteiger partial charge on any atom is -0.494 e. The van der Waals surface area contributed by atoms with Crippen LogP contribution in [0, 0.1) is 27.2 Å². The molecule has 0 bridgehead atoms. The summed E-state index contributed by atoms with van der Waals surface area (Å²) in [6.45, 7) is 4.84. The molecule has 0 radical (unpaired) electrons. The zero-order valence-electron chi connectivity index (χ0n) is 16.4. The Labute approximate surface area is 170 Å². The number of carbonyl (C=O) groups excluding carboxylic acids is 2. The van der Waals surface area contributed by atoms with E-state index < -0.39 is 44.8 Å². The summed E-state index contributed by atoms with van der Waals surface area (Å²) in [5.41, 5.74) is -1.35. The molecule has 2 aromatic carbocycles. The molecule has 1 N–H and O–H groups in total. The van der Waals surface area contributed by atoms with Gasteiger partial charge in [0.15, 0.2) is 6.10 Å². The topological polar surface area (TPSA) is 151 Å². The largest absolute Gasteiger partial charge is 0.494 e. The SMILES string of the molecule is CCOc1ccc(NC(=O)C(C)OC(=O)c2cc([N+](=O)[O-])c(C)c([N+](=O)[O-])c2)cc1. The summed E-state index contributed by atoms with van der Waals surface area (Å²) in [6, 6.07) is 8.26. The standard InChI is InChI=1S/C19H19N3O8/c1-4-29-15-7-5-14(6-8-15)20-18(23)12(3)30-19(24)13-9-16(21(25)26)11(2)17(10-13)22(27)28/h5-10,12H,4H2,1-3H3,(H,20,23). The first-order valence-corrected chi connectivity index (χ1v) is 8.82. The Morgan fingerprint density at radius 3 is 2.07 bits per heavy atom. The molecule has 0 saturated carbocycles. The lowest BCUT2D eigenvalue weighted by Gasteiger charge is -2.14. The van der Waals surface area contributed by atoms with Gasteiger partial charge in [0.2, 0.25) is 0 Å². The van der Waals surface area contributed by atoms with Gasteiger partial charge in [-0.05, 0) is 45.0 Å². The average Bonchev–Trinajstić information content (AvgIpc) is 2.69. The summed E-state index contributed by atoms with van der Waals surface area (Å²) >= 11 is 0. The number of benzene rings is 2. The molecular weight excluding hydrogens is 398 g/mol. The highest BCUT2D eigenvalue weighted by Crippen LogP contribution is 2.29. The molecule has 2 aromatic rings. The van der Waals surface area contributed by atoms with Crippen LogP contribution in [0.2, 0.25) is 0 Å². The molecule has 0 aliphatic heterocycles. The van der Waals surface area contributed by atoms with E-state index in [1.165, 1.54) is 13.8 Å². The van der Waals surface area contributed by atoms with Gasteiger partial charge >= 0.3 is 5.97 Å². The number of hydrogen-bond acceptors (Lipinski definition) is 8. The second-order valence-electron chi connectivity index (χ2n) is 6.15. The molecule has 11 heteroatoms. The Morgan fingerprint density at radius 1 is 1.07 bits per heavy atom. The zero-order valence-corrected chi connectivity index (χ0v) is 16.4. The second kappa shape index (κ2) is 9.45. The van der Waals surface area contributed by atoms with Gasteiger partial charge < -0.3 is 14.8 Å². The monoisotopic (exact) mass is 417 g/mol. The molecule has 2 rings (SSSR count). The highest BCUT2D eigenvalue weighted by Gasteiger charge is 2.27. The van der Waals surface area contributed by atoms with Crippen LogP contribution in [0.5, 0.6) is 5.75 Å². The van der Waals surface area contributed by atoms with E-state index in [2.05, 4.69) is 5.32 Å². The third kappa shape index (κ3) is 5.28. The zero-order chi connectivity index (χ0) is 22.4. The summed E-state index contributed by atoms with van der Waals surface area (Å²) in [7, 11) is 0. The number of esters is 1. The number of hydrogen-bond donors (Lipinski definition) is 1. The summed E-state index contributed by atoms with van der Waals surface area (Å²) in [5.74, 6) is -1.13. The molecule has 0 aromatic heterocycles. The number of nitro groups is 2. The minimum atomic E-state index is -1.26. The predicted octanol–water partition coefficient (Wildman–Crippen LogP) is 3.39. The highest BCUT2D eigenvalue weighted by atomic mass is 16.6. The fraction of sp³-hybridized carbons (Fsp3) is 0.263. The maximum atomic E-state index is 12.3. The molecule has 30 heavy (non-hydrogen) atoms. The van der Waals surface area contributed by atoms with Crippen molar-refractivity contribution in [2.24, 2.45) is 0 Å². The maximum Gasteiger partial charge on any atom is 0.339 e. The lowest BCUT2D eigenvalue weighted by Crippen LogP contribution is -2.30. The van der Waals surface area contributed by atoms with Gasteiger partial charge in [-0.15, -0.1) is 0 Å². The van der Waals surface area contributed by atoms with Gasteiger partial charge in [-0.1, -0.05) is 0 Å². The van der Waals surface area contributed by atoms with Crippen LogP contribution in [0.1, 0.15) is 29.8 Å². The second-order valence-corrected chi connectivity index (χ2v) is 6.15. The number of nitrogens with one attached hydrogen (secondary N) is 1. The van der Waals surface area contributed by atoms with E-state index in [-0.39, 0.29) is 5.56 Å². The van der Waals surface area contributed by atoms with Crippen molar-refractivity contribution in [2.75, 3.05) is 11.9 Å². The average molecular weight is 417 g/mol. The van der Waals surface area contributed by atoms with Crippen LogP contribution in [0.4, 0.5) is 17.1 Å². The van der Waals surface area contributed by atoms with Gasteiger partial charge in [0.05, 0.1) is 22.0 Å². The third-order valence-corrected chi connectivity index (χ3v) is 4.07. The van der Waals surface area contributed by atoms with Gasteiger partial charge in [0, 0.05) is 17.8 Å². The molecule has 0 aliphatic carbocycles. The molecule has 1 atom stereocenters. The first-order valence-electron chi connectivity index (χ1n) is 8.82. The molecule has 158 valence electrons. The molecule has 0 heterocycles. The van der Waals surface area contributed by atoms with Crippen LogP contribution >= 0.6 is 0 Å². The van der Waals surface area contributed by atoms with Gasteiger partial charge in [0.25, 0.3) is 17.3 Å². The predicted molar refractivity (Wildman–Crippen MR) is 106 cm³/mol. The van der Waals surface area contributed by atoms with Crippen LogP contribution in [-0.4, -0.2) is 34.4 Å². The highest BCUT2D eigenvalue weighted by molar-refractivity contribution is 5.98. The minimum absolute atomic E-state index is 0.192. The van der Waals surface area contributed by atoms with Gasteiger partial charge in [0.1, 0.15) is 11.3 Å². The Hall–Kier alpha value is -4.02. The Bertz CT molecular complexity index is 953. The molecule has 0 saturated heterocycles. The molecular formula is C19H19N3O8. The summed E-state index contributed by atoms with van der Waals surface area (Å²) in [4.78, 5) is 45.2. The lowest BCUT2D eigenvalue weighted by atomic mass is 10.1. The van der Waals surface area contributed by atoms with Crippen molar-refractivity contribution in [3.63, 3.8) is 0 Å². The number of amides is 1. The van der Waals surface area contributed by atoms with Crippen molar-refractivity contribution in [1.29, 1.82) is 0 Å². The first kappa shape index (κ1) is 22.3. The van der Waals surface area contributed by atoms with Crippen LogP contribution in [-0.2, 0) is 9.53 Å². The van der Waals surface area contributed by atoms with Gasteiger partial charge in [-0.3, -0.25) is 25.0 Å². The third-order valence-electron chi connectivity index (χ3n) is 4.07. The van der Waals surface area contributed by atoms with E-state index in [0.29, 0.717) is 18.0 Å². The number of anilines is 1. The smallest absolute Gasteiger partial charge is 0.339 e. The fourth-order valence-electron chi connectivity index (χ4n) is 2.51. The van der Waals surface area contributed by atoms with Crippen molar-refractivity contribution < 1.29 is 28.9 Å².